The van der Waals surface area contributed by atoms with Gasteiger partial charge in [-0.05, 0) is 261 Å². The predicted molar refractivity (Wildman–Crippen MR) is 520 cm³/mol. The van der Waals surface area contributed by atoms with Crippen molar-refractivity contribution in [3.63, 3.8) is 0 Å². The van der Waals surface area contributed by atoms with E-state index < -0.39 is 0 Å². The Morgan fingerprint density at radius 2 is 0.465 bits per heavy atom. The van der Waals surface area contributed by atoms with Crippen molar-refractivity contribution in [2.45, 2.75) is 423 Å². The summed E-state index contributed by atoms with van der Waals surface area (Å²) in [4.78, 5) is 0. The molecule has 0 atom stereocenters. The molecular formula is C114H180. The van der Waals surface area contributed by atoms with Gasteiger partial charge in [0, 0.05) is 0 Å². The van der Waals surface area contributed by atoms with Gasteiger partial charge in [-0.1, -0.05) is 454 Å². The highest BCUT2D eigenvalue weighted by molar-refractivity contribution is 5.47. The van der Waals surface area contributed by atoms with Crippen LogP contribution in [0, 0.1) is 46.5 Å². The SMILES string of the molecule is CC(C)(C)c1ccc(C(C)(C)C)cc1.CC(C)(C)c1ccccc1C(C)(C)C.CC(C)Cc1cccc(CC(C)C)c1C(C)(C)C.CC(C)c1cccc(C(C)C)c1C(C)(C)C.CC(C)c1ccccc1C(C)(C)C.CCc1cccc(CC)c1C(C)(C)C.Cc1cc(C)c(C(C)(C)C)c(C)c1.Cc1cccc(C)c1C(C)(C)C. The van der Waals surface area contributed by atoms with E-state index in [1.165, 1.54) is 107 Å². The van der Waals surface area contributed by atoms with Crippen LogP contribution in [-0.2, 0) is 79.8 Å². The van der Waals surface area contributed by atoms with Crippen molar-refractivity contribution in [1.29, 1.82) is 0 Å². The number of benzene rings is 8. The number of rotatable bonds is 9. The lowest BCUT2D eigenvalue weighted by atomic mass is 9.75. The topological polar surface area (TPSA) is 0 Å². The van der Waals surface area contributed by atoms with E-state index >= 15 is 0 Å². The lowest BCUT2D eigenvalue weighted by Gasteiger charge is -2.29. The van der Waals surface area contributed by atoms with Crippen LogP contribution in [0.1, 0.15) is 431 Å². The van der Waals surface area contributed by atoms with Gasteiger partial charge in [0.1, 0.15) is 0 Å². The zero-order valence-corrected chi connectivity index (χ0v) is 83.7. The molecule has 0 amide bonds. The van der Waals surface area contributed by atoms with Gasteiger partial charge in [-0.25, -0.2) is 0 Å². The van der Waals surface area contributed by atoms with Crippen molar-refractivity contribution in [2.24, 2.45) is 11.8 Å². The Morgan fingerprint density at radius 1 is 0.219 bits per heavy atom. The minimum absolute atomic E-state index is 0.237. The normalized spacial score (nSPS) is 12.4. The van der Waals surface area contributed by atoms with Crippen LogP contribution in [0.5, 0.6) is 0 Å². The van der Waals surface area contributed by atoms with Crippen LogP contribution < -0.4 is 0 Å². The average molecular weight is 1550 g/mol. The second kappa shape index (κ2) is 44.0. The number of hydrogen-bond donors (Lipinski definition) is 0. The first-order valence-corrected chi connectivity index (χ1v) is 44.4. The van der Waals surface area contributed by atoms with Crippen LogP contribution in [0.4, 0.5) is 0 Å². The standard InChI is InChI=1S/C18H30.C16H26.3C14H22.2C13H20.C12H18/c1-13(2)11-15-9-8-10-16(12-14(3)4)17(15)18(5,6)7;1-11(2)13-9-8-10-14(12(3)4)15(13)16(5,6)7;1-13(2,3)11-7-9-12(10-8-11)14(4,5)6;1-13(2,3)11-9-7-8-10-12(11)14(4,5)6;1-6-11-9-8-10-12(7-2)13(11)14(3,4)5;1-9-7-10(2)12(11(3)8-9)13(4,5)6;1-10(2)11-8-6-7-9-12(11)13(3,4)5;1-9-7-6-8-10(2)11(9)12(3,4)5/h8-10,13-14H,11-12H2,1-7H3;8-12H,1-7H3;2*7-10H,1-6H3;8-10H,6-7H2,1-5H3;7-8H,1-6H3;6-10H,1-5H3;6-8H,1-5H3. The van der Waals surface area contributed by atoms with Crippen LogP contribution >= 0.6 is 0 Å². The second-order valence-electron chi connectivity index (χ2n) is 45.3. The van der Waals surface area contributed by atoms with Crippen LogP contribution in [-0.4, -0.2) is 0 Å². The molecule has 0 spiro atoms. The van der Waals surface area contributed by atoms with Gasteiger partial charge < -0.3 is 0 Å². The van der Waals surface area contributed by atoms with Crippen molar-refractivity contribution in [1.82, 2.24) is 0 Å². The Labute approximate surface area is 710 Å². The first-order chi connectivity index (χ1) is 51.6. The first-order valence-electron chi connectivity index (χ1n) is 44.4. The van der Waals surface area contributed by atoms with Gasteiger partial charge in [-0.2, -0.15) is 0 Å². The largest absolute Gasteiger partial charge is 0.0625 e. The van der Waals surface area contributed by atoms with Crippen LogP contribution in [0.2, 0.25) is 0 Å². The summed E-state index contributed by atoms with van der Waals surface area (Å²) < 4.78 is 0. The molecule has 8 rings (SSSR count). The number of hydrogen-bond acceptors (Lipinski definition) is 0. The molecule has 0 aliphatic heterocycles. The van der Waals surface area contributed by atoms with Gasteiger partial charge in [0.2, 0.25) is 0 Å². The molecule has 0 heterocycles. The molecule has 0 heteroatoms. The summed E-state index contributed by atoms with van der Waals surface area (Å²) in [7, 11) is 0. The van der Waals surface area contributed by atoms with Gasteiger partial charge >= 0.3 is 0 Å². The number of aryl methyl sites for hydroxylation is 7. The molecule has 8 aromatic carbocycles. The molecule has 0 N–H and O–H groups in total. The first kappa shape index (κ1) is 106. The molecule has 636 valence electrons. The Bertz CT molecular complexity index is 3930. The van der Waals surface area contributed by atoms with Crippen LogP contribution in [0.25, 0.3) is 0 Å². The van der Waals surface area contributed by atoms with Crippen molar-refractivity contribution in [3.8, 4) is 0 Å². The summed E-state index contributed by atoms with van der Waals surface area (Å²) in [5, 5.41) is 0. The maximum Gasteiger partial charge on any atom is -0.0126 e. The maximum absolute atomic E-state index is 2.34. The zero-order chi connectivity index (χ0) is 88.8. The van der Waals surface area contributed by atoms with E-state index in [1.54, 1.807) is 27.8 Å². The highest BCUT2D eigenvalue weighted by Crippen LogP contribution is 2.40. The van der Waals surface area contributed by atoms with E-state index in [-0.39, 0.29) is 54.1 Å². The zero-order valence-electron chi connectivity index (χ0n) is 83.7. The van der Waals surface area contributed by atoms with Gasteiger partial charge in [0.25, 0.3) is 0 Å². The summed E-state index contributed by atoms with van der Waals surface area (Å²) >= 11 is 0. The van der Waals surface area contributed by atoms with Gasteiger partial charge in [-0.15, -0.1) is 0 Å². The average Bonchev–Trinajstić information content (AvgIpc) is 0.811. The van der Waals surface area contributed by atoms with Crippen LogP contribution in [0.15, 0.2) is 158 Å². The van der Waals surface area contributed by atoms with Gasteiger partial charge in [-0.3, -0.25) is 0 Å². The molecule has 0 aliphatic carbocycles. The third-order valence-corrected chi connectivity index (χ3v) is 21.3. The highest BCUT2D eigenvalue weighted by atomic mass is 14.3. The molecule has 0 unspecified atom stereocenters. The molecule has 0 nitrogen and oxygen atoms in total. The third-order valence-electron chi connectivity index (χ3n) is 21.3. The van der Waals surface area contributed by atoms with E-state index in [0.29, 0.717) is 17.8 Å². The minimum atomic E-state index is 0.237. The fourth-order valence-corrected chi connectivity index (χ4v) is 16.8. The Balaban J connectivity index is 0.000000653. The van der Waals surface area contributed by atoms with E-state index in [1.807, 2.05) is 0 Å². The quantitative estimate of drug-likeness (QED) is 0.135. The fraction of sp³-hybridized carbons (Fsp3) is 0.579. The lowest BCUT2D eigenvalue weighted by Crippen LogP contribution is -2.21. The summed E-state index contributed by atoms with van der Waals surface area (Å²) in [6.07, 6.45) is 4.66. The van der Waals surface area contributed by atoms with E-state index in [4.69, 9.17) is 0 Å². The smallest absolute Gasteiger partial charge is 0.0126 e. The predicted octanol–water partition coefficient (Wildman–Crippen LogP) is 34.9. The van der Waals surface area contributed by atoms with Crippen LogP contribution in [0.3, 0.4) is 0 Å². The Kier molecular flexibility index (Phi) is 40.8. The molecule has 0 radical (unpaired) electrons. The summed E-state index contributed by atoms with van der Waals surface area (Å²) in [5.74, 6) is 3.28. The summed E-state index contributed by atoms with van der Waals surface area (Å²) in [6, 6.07) is 58.0. The van der Waals surface area contributed by atoms with E-state index in [9.17, 15) is 0 Å². The Hall–Kier alpha value is -6.24. The molecular weight excluding hydrogens is 1370 g/mol. The third kappa shape index (κ3) is 35.1. The molecule has 0 aromatic heterocycles. The molecule has 0 aliphatic rings. The van der Waals surface area contributed by atoms with Crippen molar-refractivity contribution >= 4 is 0 Å². The fourth-order valence-electron chi connectivity index (χ4n) is 16.8. The van der Waals surface area contributed by atoms with E-state index in [0.717, 1.165) is 24.7 Å². The van der Waals surface area contributed by atoms with E-state index in [2.05, 4.69) is 483 Å². The van der Waals surface area contributed by atoms with Crippen molar-refractivity contribution in [2.75, 3.05) is 0 Å². The Morgan fingerprint density at radius 3 is 0.711 bits per heavy atom. The summed E-state index contributed by atoms with van der Waals surface area (Å²) in [5.41, 5.74) is 35.1. The molecule has 0 saturated carbocycles. The van der Waals surface area contributed by atoms with Crippen molar-refractivity contribution in [3.05, 3.63) is 280 Å². The molecule has 0 fully saturated rings. The highest BCUT2D eigenvalue weighted by Gasteiger charge is 2.28. The molecule has 114 heavy (non-hydrogen) atoms. The van der Waals surface area contributed by atoms with Gasteiger partial charge in [0.05, 0.1) is 0 Å². The monoisotopic (exact) mass is 1550 g/mol. The minimum Gasteiger partial charge on any atom is -0.0625 e. The molecule has 0 saturated heterocycles. The van der Waals surface area contributed by atoms with Gasteiger partial charge in [0.15, 0.2) is 0 Å². The van der Waals surface area contributed by atoms with Crippen molar-refractivity contribution < 1.29 is 0 Å². The summed E-state index contributed by atoms with van der Waals surface area (Å²) in [6.45, 7) is 107. The maximum atomic E-state index is 2.34. The second-order valence-corrected chi connectivity index (χ2v) is 45.3. The molecule has 0 bridgehead atoms. The lowest BCUT2D eigenvalue weighted by molar-refractivity contribution is 0.530. The molecule has 8 aromatic rings.